The van der Waals surface area contributed by atoms with Crippen LogP contribution in [0.3, 0.4) is 0 Å². The average molecular weight is 778 g/mol. The summed E-state index contributed by atoms with van der Waals surface area (Å²) in [6, 6.07) is 85.9. The molecule has 1 spiro atoms. The van der Waals surface area contributed by atoms with Crippen molar-refractivity contribution in [2.75, 3.05) is 4.90 Å². The highest BCUT2D eigenvalue weighted by Crippen LogP contribution is 2.62. The summed E-state index contributed by atoms with van der Waals surface area (Å²) in [5.41, 5.74) is 17.3. The van der Waals surface area contributed by atoms with Gasteiger partial charge in [0, 0.05) is 28.2 Å². The molecule has 0 radical (unpaired) electrons. The maximum Gasteiger partial charge on any atom is 0.132 e. The molecular formula is C59H39NO. The molecule has 0 amide bonds. The molecule has 0 aromatic heterocycles. The van der Waals surface area contributed by atoms with Crippen LogP contribution in [0, 0.1) is 0 Å². The molecule has 12 rings (SSSR count). The highest BCUT2D eigenvalue weighted by atomic mass is 16.5. The van der Waals surface area contributed by atoms with Crippen LogP contribution < -0.4 is 9.64 Å². The van der Waals surface area contributed by atoms with Gasteiger partial charge in [0.25, 0.3) is 0 Å². The highest BCUT2D eigenvalue weighted by Gasteiger charge is 2.51. The largest absolute Gasteiger partial charge is 0.457 e. The van der Waals surface area contributed by atoms with Crippen molar-refractivity contribution in [2.45, 2.75) is 5.41 Å². The zero-order valence-corrected chi connectivity index (χ0v) is 33.4. The van der Waals surface area contributed by atoms with E-state index in [0.29, 0.717) is 0 Å². The number of hydrogen-bond donors (Lipinski definition) is 0. The van der Waals surface area contributed by atoms with Crippen molar-refractivity contribution in [3.8, 4) is 56.0 Å². The first-order chi connectivity index (χ1) is 30.2. The van der Waals surface area contributed by atoms with Gasteiger partial charge in [-0.3, -0.25) is 0 Å². The fourth-order valence-electron chi connectivity index (χ4n) is 10.0. The summed E-state index contributed by atoms with van der Waals surface area (Å²) in [7, 11) is 0. The molecular weight excluding hydrogens is 739 g/mol. The Morgan fingerprint density at radius 3 is 1.52 bits per heavy atom. The minimum absolute atomic E-state index is 0.525. The average Bonchev–Trinajstić information content (AvgIpc) is 3.62. The van der Waals surface area contributed by atoms with E-state index in [-0.39, 0.29) is 0 Å². The molecule has 61 heavy (non-hydrogen) atoms. The molecule has 1 aliphatic heterocycles. The number of hydrogen-bond acceptors (Lipinski definition) is 2. The first-order valence-electron chi connectivity index (χ1n) is 21.0. The molecule has 2 aliphatic rings. The molecule has 0 fully saturated rings. The Morgan fingerprint density at radius 2 is 0.787 bits per heavy atom. The van der Waals surface area contributed by atoms with Gasteiger partial charge in [-0.2, -0.15) is 0 Å². The number of benzene rings is 10. The van der Waals surface area contributed by atoms with Gasteiger partial charge in [0.2, 0.25) is 0 Å². The van der Waals surface area contributed by atoms with Gasteiger partial charge in [-0.15, -0.1) is 0 Å². The van der Waals surface area contributed by atoms with Crippen molar-refractivity contribution in [2.24, 2.45) is 0 Å². The van der Waals surface area contributed by atoms with E-state index >= 15 is 0 Å². The first-order valence-corrected chi connectivity index (χ1v) is 21.0. The zero-order chi connectivity index (χ0) is 40.3. The molecule has 0 saturated carbocycles. The molecule has 1 aliphatic carbocycles. The molecule has 2 nitrogen and oxygen atoms in total. The molecule has 0 saturated heterocycles. The van der Waals surface area contributed by atoms with Crippen LogP contribution in [0.1, 0.15) is 22.3 Å². The second-order valence-electron chi connectivity index (χ2n) is 16.0. The van der Waals surface area contributed by atoms with Crippen LogP contribution >= 0.6 is 0 Å². The van der Waals surface area contributed by atoms with E-state index in [9.17, 15) is 0 Å². The van der Waals surface area contributed by atoms with E-state index in [1.54, 1.807) is 0 Å². The number of rotatable bonds is 6. The van der Waals surface area contributed by atoms with Crippen molar-refractivity contribution < 1.29 is 4.74 Å². The predicted molar refractivity (Wildman–Crippen MR) is 252 cm³/mol. The Labute approximate surface area is 356 Å². The SMILES string of the molecule is c1ccc(-c2ccccc2-c2ccc(N(c3cccc(-c4ccc5c(c4)C4(c6ccccc6Oc6ccccc64)c4ccccc4-5)c3)c3ccc4ccccc4c3)cc2)cc1. The summed E-state index contributed by atoms with van der Waals surface area (Å²) >= 11 is 0. The maximum atomic E-state index is 6.61. The lowest BCUT2D eigenvalue weighted by molar-refractivity contribution is 0.436. The Kier molecular flexibility index (Phi) is 8.11. The molecule has 0 bridgehead atoms. The summed E-state index contributed by atoms with van der Waals surface area (Å²) in [5, 5.41) is 2.42. The van der Waals surface area contributed by atoms with Crippen LogP contribution in [0.4, 0.5) is 17.1 Å². The molecule has 286 valence electrons. The van der Waals surface area contributed by atoms with Gasteiger partial charge in [-0.1, -0.05) is 182 Å². The lowest BCUT2D eigenvalue weighted by atomic mass is 9.66. The zero-order valence-electron chi connectivity index (χ0n) is 33.4. The highest BCUT2D eigenvalue weighted by molar-refractivity contribution is 5.93. The second-order valence-corrected chi connectivity index (χ2v) is 16.0. The summed E-state index contributed by atoms with van der Waals surface area (Å²) in [6.45, 7) is 0. The number of anilines is 3. The third-order valence-electron chi connectivity index (χ3n) is 12.7. The van der Waals surface area contributed by atoms with Crippen LogP contribution in [0.25, 0.3) is 55.3 Å². The summed E-state index contributed by atoms with van der Waals surface area (Å²) < 4.78 is 6.61. The van der Waals surface area contributed by atoms with Crippen LogP contribution in [-0.4, -0.2) is 0 Å². The fourth-order valence-corrected chi connectivity index (χ4v) is 10.0. The lowest BCUT2D eigenvalue weighted by Gasteiger charge is -2.39. The predicted octanol–water partition coefficient (Wildman–Crippen LogP) is 15.8. The Hall–Kier alpha value is -7.94. The van der Waals surface area contributed by atoms with Crippen LogP contribution in [-0.2, 0) is 5.41 Å². The Balaban J connectivity index is 1.01. The summed E-state index contributed by atoms with van der Waals surface area (Å²) in [6.07, 6.45) is 0. The van der Waals surface area contributed by atoms with Gasteiger partial charge in [-0.25, -0.2) is 0 Å². The topological polar surface area (TPSA) is 12.5 Å². The van der Waals surface area contributed by atoms with E-state index in [4.69, 9.17) is 4.74 Å². The number of fused-ring (bicyclic) bond motifs is 10. The summed E-state index contributed by atoms with van der Waals surface area (Å²) in [4.78, 5) is 2.39. The standard InChI is InChI=1S/C59H39NO/c1-2-16-41(17-3-1)49-21-6-7-22-50(49)42-30-33-46(34-31-42)60(48-35-29-40-15-4-5-18-43(40)37-48)47-20-14-19-44(38-47)45-32-36-52-51-23-8-9-24-53(51)59(56(52)39-45)54-25-10-12-27-57(54)61-58-28-13-11-26-55(58)59/h1-39H. The first kappa shape index (κ1) is 35.0. The van der Waals surface area contributed by atoms with E-state index in [1.807, 2.05) is 0 Å². The van der Waals surface area contributed by atoms with Crippen LogP contribution in [0.5, 0.6) is 11.5 Å². The third-order valence-corrected chi connectivity index (χ3v) is 12.7. The molecule has 0 unspecified atom stereocenters. The van der Waals surface area contributed by atoms with Crippen molar-refractivity contribution >= 4 is 27.8 Å². The third kappa shape index (κ3) is 5.57. The molecule has 0 atom stereocenters. The van der Waals surface area contributed by atoms with Gasteiger partial charge in [0.15, 0.2) is 0 Å². The fraction of sp³-hybridized carbons (Fsp3) is 0.0169. The van der Waals surface area contributed by atoms with E-state index in [1.165, 1.54) is 72.0 Å². The van der Waals surface area contributed by atoms with E-state index in [0.717, 1.165) is 34.1 Å². The minimum Gasteiger partial charge on any atom is -0.457 e. The molecule has 10 aromatic carbocycles. The van der Waals surface area contributed by atoms with Gasteiger partial charge < -0.3 is 9.64 Å². The van der Waals surface area contributed by atoms with Gasteiger partial charge in [0.1, 0.15) is 11.5 Å². The van der Waals surface area contributed by atoms with Crippen molar-refractivity contribution in [1.29, 1.82) is 0 Å². The molecule has 1 heterocycles. The van der Waals surface area contributed by atoms with Crippen molar-refractivity contribution in [1.82, 2.24) is 0 Å². The van der Waals surface area contributed by atoms with Crippen LogP contribution in [0.15, 0.2) is 237 Å². The minimum atomic E-state index is -0.525. The van der Waals surface area contributed by atoms with Crippen LogP contribution in [0.2, 0.25) is 0 Å². The number of para-hydroxylation sites is 2. The van der Waals surface area contributed by atoms with Crippen molar-refractivity contribution in [3.05, 3.63) is 259 Å². The quantitative estimate of drug-likeness (QED) is 0.167. The number of ether oxygens (including phenoxy) is 1. The van der Waals surface area contributed by atoms with E-state index in [2.05, 4.69) is 241 Å². The maximum absolute atomic E-state index is 6.61. The van der Waals surface area contributed by atoms with Gasteiger partial charge in [0.05, 0.1) is 5.41 Å². The smallest absolute Gasteiger partial charge is 0.132 e. The Morgan fingerprint density at radius 1 is 0.279 bits per heavy atom. The molecule has 0 N–H and O–H groups in total. The number of nitrogens with zero attached hydrogens (tertiary/aromatic N) is 1. The monoisotopic (exact) mass is 777 g/mol. The molecule has 2 heteroatoms. The molecule has 10 aromatic rings. The van der Waals surface area contributed by atoms with Crippen molar-refractivity contribution in [3.63, 3.8) is 0 Å². The van der Waals surface area contributed by atoms with Gasteiger partial charge >= 0.3 is 0 Å². The normalized spacial score (nSPS) is 12.9. The van der Waals surface area contributed by atoms with E-state index < -0.39 is 5.41 Å². The summed E-state index contributed by atoms with van der Waals surface area (Å²) in [5.74, 6) is 1.80. The second kappa shape index (κ2) is 14.1. The lowest BCUT2D eigenvalue weighted by Crippen LogP contribution is -2.32. The van der Waals surface area contributed by atoms with Gasteiger partial charge in [-0.05, 0) is 121 Å². The Bertz CT molecular complexity index is 3250.